The Bertz CT molecular complexity index is 613. The van der Waals surface area contributed by atoms with Crippen LogP contribution in [0.25, 0.3) is 0 Å². The van der Waals surface area contributed by atoms with Crippen molar-refractivity contribution in [3.63, 3.8) is 0 Å². The molecule has 1 amide bonds. The number of amides is 1. The van der Waals surface area contributed by atoms with Gasteiger partial charge in [0, 0.05) is 11.6 Å². The van der Waals surface area contributed by atoms with E-state index in [0.29, 0.717) is 28.7 Å². The molecule has 2 aliphatic rings. The molecule has 2 fully saturated rings. The highest BCUT2D eigenvalue weighted by Crippen LogP contribution is 2.57. The highest BCUT2D eigenvalue weighted by atomic mass is 16.2. The summed E-state index contributed by atoms with van der Waals surface area (Å²) in [7, 11) is 0. The maximum absolute atomic E-state index is 12.1. The molecule has 0 bridgehead atoms. The lowest BCUT2D eigenvalue weighted by Gasteiger charge is -2.07. The fourth-order valence-corrected chi connectivity index (χ4v) is 3.25. The zero-order valence-corrected chi connectivity index (χ0v) is 10.4. The van der Waals surface area contributed by atoms with Crippen molar-refractivity contribution >= 4 is 11.6 Å². The van der Waals surface area contributed by atoms with Crippen LogP contribution in [0.2, 0.25) is 0 Å². The largest absolute Gasteiger partial charge is 0.326 e. The second-order valence-electron chi connectivity index (χ2n) is 5.26. The average Bonchev–Trinajstić information content (AvgIpc) is 2.92. The summed E-state index contributed by atoms with van der Waals surface area (Å²) in [5, 5.41) is 20.6. The van der Waals surface area contributed by atoms with Gasteiger partial charge in [0.2, 0.25) is 5.91 Å². The van der Waals surface area contributed by atoms with Gasteiger partial charge < -0.3 is 5.32 Å². The van der Waals surface area contributed by atoms with Gasteiger partial charge in [-0.05, 0) is 42.9 Å². The summed E-state index contributed by atoms with van der Waals surface area (Å²) in [4.78, 5) is 12.1. The van der Waals surface area contributed by atoms with Gasteiger partial charge in [-0.1, -0.05) is 6.42 Å². The zero-order valence-electron chi connectivity index (χ0n) is 10.4. The summed E-state index contributed by atoms with van der Waals surface area (Å²) < 4.78 is 0. The van der Waals surface area contributed by atoms with Gasteiger partial charge in [-0.15, -0.1) is 0 Å². The third-order valence-corrected chi connectivity index (χ3v) is 4.24. The van der Waals surface area contributed by atoms with Crippen molar-refractivity contribution < 1.29 is 4.79 Å². The normalized spacial score (nSPS) is 26.9. The molecule has 1 N–H and O–H groups in total. The quantitative estimate of drug-likeness (QED) is 0.876. The lowest BCUT2D eigenvalue weighted by atomic mass is 10.1. The predicted molar refractivity (Wildman–Crippen MR) is 68.8 cm³/mol. The second-order valence-corrected chi connectivity index (χ2v) is 5.26. The summed E-state index contributed by atoms with van der Waals surface area (Å²) >= 11 is 0. The molecule has 0 saturated heterocycles. The molecule has 0 heterocycles. The van der Waals surface area contributed by atoms with E-state index in [2.05, 4.69) is 5.32 Å². The van der Waals surface area contributed by atoms with Crippen LogP contribution in [0.5, 0.6) is 0 Å². The molecule has 4 heteroatoms. The van der Waals surface area contributed by atoms with Crippen LogP contribution in [-0.2, 0) is 4.79 Å². The number of hydrogen-bond donors (Lipinski definition) is 1. The summed E-state index contributed by atoms with van der Waals surface area (Å²) in [6.45, 7) is 0. The van der Waals surface area contributed by atoms with Gasteiger partial charge >= 0.3 is 0 Å². The van der Waals surface area contributed by atoms with Crippen LogP contribution < -0.4 is 5.32 Å². The van der Waals surface area contributed by atoms with Crippen molar-refractivity contribution in [2.75, 3.05) is 5.32 Å². The lowest BCUT2D eigenvalue weighted by Crippen LogP contribution is -2.16. The topological polar surface area (TPSA) is 76.7 Å². The highest BCUT2D eigenvalue weighted by Gasteiger charge is 2.56. The van der Waals surface area contributed by atoms with Crippen molar-refractivity contribution in [2.24, 2.45) is 17.8 Å². The van der Waals surface area contributed by atoms with Gasteiger partial charge in [0.15, 0.2) is 0 Å². The van der Waals surface area contributed by atoms with Crippen molar-refractivity contribution in [1.82, 2.24) is 0 Å². The SMILES string of the molecule is N#Cc1ccc(NC(=O)C2C3CCCC32)cc1C#N. The number of rotatable bonds is 2. The molecule has 19 heavy (non-hydrogen) atoms. The van der Waals surface area contributed by atoms with E-state index in [1.54, 1.807) is 18.2 Å². The molecule has 3 rings (SSSR count). The van der Waals surface area contributed by atoms with E-state index >= 15 is 0 Å². The molecule has 0 aliphatic heterocycles. The number of hydrogen-bond acceptors (Lipinski definition) is 3. The smallest absolute Gasteiger partial charge is 0.228 e. The molecule has 2 aliphatic carbocycles. The molecule has 1 aromatic rings. The van der Waals surface area contributed by atoms with Crippen LogP contribution >= 0.6 is 0 Å². The third-order valence-electron chi connectivity index (χ3n) is 4.24. The Balaban J connectivity index is 1.72. The van der Waals surface area contributed by atoms with Crippen LogP contribution in [-0.4, -0.2) is 5.91 Å². The zero-order chi connectivity index (χ0) is 13.4. The molecule has 1 aromatic carbocycles. The second kappa shape index (κ2) is 4.40. The van der Waals surface area contributed by atoms with E-state index in [1.165, 1.54) is 19.3 Å². The van der Waals surface area contributed by atoms with Gasteiger partial charge in [-0.2, -0.15) is 10.5 Å². The Morgan fingerprint density at radius 3 is 2.47 bits per heavy atom. The number of carbonyl (C=O) groups is 1. The average molecular weight is 251 g/mol. The van der Waals surface area contributed by atoms with Crippen molar-refractivity contribution in [3.05, 3.63) is 29.3 Å². The monoisotopic (exact) mass is 251 g/mol. The number of benzene rings is 1. The van der Waals surface area contributed by atoms with Gasteiger partial charge in [-0.3, -0.25) is 4.79 Å². The number of carbonyl (C=O) groups excluding carboxylic acids is 1. The van der Waals surface area contributed by atoms with Gasteiger partial charge in [0.25, 0.3) is 0 Å². The van der Waals surface area contributed by atoms with Crippen molar-refractivity contribution in [2.45, 2.75) is 19.3 Å². The minimum Gasteiger partial charge on any atom is -0.326 e. The minimum absolute atomic E-state index is 0.0586. The van der Waals surface area contributed by atoms with Crippen LogP contribution in [0, 0.1) is 40.4 Å². The molecular formula is C15H13N3O. The molecule has 4 nitrogen and oxygen atoms in total. The van der Waals surface area contributed by atoms with Crippen LogP contribution in [0.15, 0.2) is 18.2 Å². The van der Waals surface area contributed by atoms with Gasteiger partial charge in [-0.25, -0.2) is 0 Å². The van der Waals surface area contributed by atoms with E-state index < -0.39 is 0 Å². The Morgan fingerprint density at radius 1 is 1.16 bits per heavy atom. The minimum atomic E-state index is 0.0586. The third kappa shape index (κ3) is 1.96. The summed E-state index contributed by atoms with van der Waals surface area (Å²) in [6, 6.07) is 8.74. The Labute approximate surface area is 111 Å². The predicted octanol–water partition coefficient (Wildman–Crippen LogP) is 2.41. The number of nitrogens with zero attached hydrogens (tertiary/aromatic N) is 2. The van der Waals surface area contributed by atoms with Gasteiger partial charge in [0.1, 0.15) is 12.1 Å². The number of nitriles is 2. The molecule has 2 unspecified atom stereocenters. The first kappa shape index (κ1) is 11.7. The Kier molecular flexibility index (Phi) is 2.72. The first-order valence-electron chi connectivity index (χ1n) is 6.49. The molecule has 0 aromatic heterocycles. The van der Waals surface area contributed by atoms with E-state index in [-0.39, 0.29) is 11.8 Å². The lowest BCUT2D eigenvalue weighted by molar-refractivity contribution is -0.118. The molecular weight excluding hydrogens is 238 g/mol. The summed E-state index contributed by atoms with van der Waals surface area (Å²) in [5.74, 6) is 1.38. The Hall–Kier alpha value is -2.33. The van der Waals surface area contributed by atoms with Gasteiger partial charge in [0.05, 0.1) is 11.1 Å². The number of nitrogens with one attached hydrogen (secondary N) is 1. The van der Waals surface area contributed by atoms with E-state index in [9.17, 15) is 4.79 Å². The fourth-order valence-electron chi connectivity index (χ4n) is 3.25. The van der Waals surface area contributed by atoms with E-state index in [1.807, 2.05) is 12.1 Å². The summed E-state index contributed by atoms with van der Waals surface area (Å²) in [6.07, 6.45) is 3.58. The molecule has 2 atom stereocenters. The fraction of sp³-hybridized carbons (Fsp3) is 0.400. The summed E-state index contributed by atoms with van der Waals surface area (Å²) in [5.41, 5.74) is 1.24. The Morgan fingerprint density at radius 2 is 1.84 bits per heavy atom. The number of fused-ring (bicyclic) bond motifs is 1. The maximum Gasteiger partial charge on any atom is 0.228 e. The molecule has 0 spiro atoms. The standard InChI is InChI=1S/C15H13N3O/c16-7-9-4-5-11(6-10(9)8-17)18-15(19)14-12-2-1-3-13(12)14/h4-6,12-14H,1-3H2,(H,18,19). The molecule has 0 radical (unpaired) electrons. The van der Waals surface area contributed by atoms with E-state index in [0.717, 1.165) is 0 Å². The molecule has 2 saturated carbocycles. The first-order valence-corrected chi connectivity index (χ1v) is 6.49. The maximum atomic E-state index is 12.1. The van der Waals surface area contributed by atoms with Crippen LogP contribution in [0.1, 0.15) is 30.4 Å². The number of anilines is 1. The van der Waals surface area contributed by atoms with Crippen molar-refractivity contribution in [3.8, 4) is 12.1 Å². The molecule has 94 valence electrons. The van der Waals surface area contributed by atoms with Crippen LogP contribution in [0.3, 0.4) is 0 Å². The van der Waals surface area contributed by atoms with Crippen LogP contribution in [0.4, 0.5) is 5.69 Å². The van der Waals surface area contributed by atoms with E-state index in [4.69, 9.17) is 10.5 Å². The van der Waals surface area contributed by atoms with Crippen molar-refractivity contribution in [1.29, 1.82) is 10.5 Å². The first-order chi connectivity index (χ1) is 9.24. The highest BCUT2D eigenvalue weighted by molar-refractivity contribution is 5.95.